The minimum Gasteiger partial charge on any atom is -0.482 e. The SMILES string of the molecule is CCCNC(=O)CN1C(=O)COc2ccc(-c3csc(CCC)n3)cc21. The van der Waals surface area contributed by atoms with Gasteiger partial charge in [0.15, 0.2) is 6.61 Å². The molecule has 0 bridgehead atoms. The van der Waals surface area contributed by atoms with Crippen molar-refractivity contribution in [1.29, 1.82) is 0 Å². The molecule has 0 atom stereocenters. The number of thiazole rings is 1. The lowest BCUT2D eigenvalue weighted by atomic mass is 10.1. The zero-order valence-corrected chi connectivity index (χ0v) is 15.9. The summed E-state index contributed by atoms with van der Waals surface area (Å²) in [6, 6.07) is 5.66. The third-order valence-corrected chi connectivity index (χ3v) is 5.00. The van der Waals surface area contributed by atoms with Crippen LogP contribution in [-0.2, 0) is 16.0 Å². The summed E-state index contributed by atoms with van der Waals surface area (Å²) in [5, 5.41) is 5.93. The van der Waals surface area contributed by atoms with E-state index in [-0.39, 0.29) is 25.0 Å². The first-order chi connectivity index (χ1) is 12.6. The minimum atomic E-state index is -0.216. The molecular formula is C19H23N3O3S. The molecule has 0 aliphatic carbocycles. The van der Waals surface area contributed by atoms with Crippen molar-refractivity contribution in [2.45, 2.75) is 33.1 Å². The Morgan fingerprint density at radius 1 is 1.35 bits per heavy atom. The van der Waals surface area contributed by atoms with Gasteiger partial charge in [0.05, 0.1) is 16.4 Å². The highest BCUT2D eigenvalue weighted by Crippen LogP contribution is 2.36. The standard InChI is InChI=1S/C19H23N3O3S/c1-3-5-18-21-14(12-26-18)13-6-7-16-15(9-13)22(19(24)11-25-16)10-17(23)20-8-4-2/h6-7,9,12H,3-5,8,10-11H2,1-2H3,(H,20,23). The number of benzene rings is 1. The van der Waals surface area contributed by atoms with Crippen molar-refractivity contribution >= 4 is 28.8 Å². The monoisotopic (exact) mass is 373 g/mol. The fraction of sp³-hybridized carbons (Fsp3) is 0.421. The van der Waals surface area contributed by atoms with Crippen LogP contribution < -0.4 is 15.0 Å². The molecule has 6 nitrogen and oxygen atoms in total. The molecule has 1 aromatic carbocycles. The molecule has 0 saturated heterocycles. The first kappa shape index (κ1) is 18.4. The first-order valence-electron chi connectivity index (χ1n) is 8.91. The van der Waals surface area contributed by atoms with Crippen molar-refractivity contribution in [1.82, 2.24) is 10.3 Å². The van der Waals surface area contributed by atoms with E-state index >= 15 is 0 Å². The lowest BCUT2D eigenvalue weighted by molar-refractivity contribution is -0.125. The van der Waals surface area contributed by atoms with Gasteiger partial charge < -0.3 is 10.1 Å². The highest BCUT2D eigenvalue weighted by Gasteiger charge is 2.27. The fourth-order valence-electron chi connectivity index (χ4n) is 2.77. The maximum Gasteiger partial charge on any atom is 0.265 e. The van der Waals surface area contributed by atoms with Crippen LogP contribution in [-0.4, -0.2) is 36.5 Å². The van der Waals surface area contributed by atoms with E-state index in [9.17, 15) is 9.59 Å². The largest absolute Gasteiger partial charge is 0.482 e. The fourth-order valence-corrected chi connectivity index (χ4v) is 3.68. The molecule has 1 N–H and O–H groups in total. The lowest BCUT2D eigenvalue weighted by Crippen LogP contribution is -2.45. The van der Waals surface area contributed by atoms with Crippen molar-refractivity contribution < 1.29 is 14.3 Å². The molecule has 0 saturated carbocycles. The normalized spacial score (nSPS) is 13.3. The number of carbonyl (C=O) groups is 2. The maximum absolute atomic E-state index is 12.3. The Balaban J connectivity index is 1.86. The van der Waals surface area contributed by atoms with E-state index in [1.165, 1.54) is 4.90 Å². The topological polar surface area (TPSA) is 71.5 Å². The molecule has 2 heterocycles. The number of nitrogens with one attached hydrogen (secondary N) is 1. The average molecular weight is 373 g/mol. The smallest absolute Gasteiger partial charge is 0.265 e. The van der Waals surface area contributed by atoms with Crippen LogP contribution in [0.4, 0.5) is 5.69 Å². The van der Waals surface area contributed by atoms with Crippen LogP contribution in [0.1, 0.15) is 31.7 Å². The van der Waals surface area contributed by atoms with E-state index in [0.717, 1.165) is 35.5 Å². The van der Waals surface area contributed by atoms with Crippen LogP contribution in [0, 0.1) is 0 Å². The molecule has 26 heavy (non-hydrogen) atoms. The molecule has 2 amide bonds. The minimum absolute atomic E-state index is 0.00318. The summed E-state index contributed by atoms with van der Waals surface area (Å²) in [4.78, 5) is 30.6. The molecule has 3 rings (SSSR count). The molecular weight excluding hydrogens is 350 g/mol. The van der Waals surface area contributed by atoms with Gasteiger partial charge in [-0.05, 0) is 37.5 Å². The number of nitrogens with zero attached hydrogens (tertiary/aromatic N) is 2. The Morgan fingerprint density at radius 2 is 2.19 bits per heavy atom. The number of amides is 2. The van der Waals surface area contributed by atoms with Gasteiger partial charge in [-0.1, -0.05) is 13.8 Å². The van der Waals surface area contributed by atoms with Gasteiger partial charge in [-0.25, -0.2) is 4.98 Å². The summed E-state index contributed by atoms with van der Waals surface area (Å²) in [5.74, 6) is 0.226. The molecule has 2 aromatic rings. The summed E-state index contributed by atoms with van der Waals surface area (Å²) in [6.07, 6.45) is 2.87. The highest BCUT2D eigenvalue weighted by molar-refractivity contribution is 7.09. The Kier molecular flexibility index (Phi) is 5.88. The van der Waals surface area contributed by atoms with Crippen molar-refractivity contribution in [3.63, 3.8) is 0 Å². The number of rotatable bonds is 7. The molecule has 0 radical (unpaired) electrons. The van der Waals surface area contributed by atoms with Crippen LogP contribution in [0.5, 0.6) is 5.75 Å². The zero-order chi connectivity index (χ0) is 18.5. The van der Waals surface area contributed by atoms with Crippen LogP contribution in [0.2, 0.25) is 0 Å². The van der Waals surface area contributed by atoms with Crippen molar-refractivity contribution in [3.8, 4) is 17.0 Å². The quantitative estimate of drug-likeness (QED) is 0.810. The third-order valence-electron chi connectivity index (χ3n) is 4.09. The molecule has 7 heteroatoms. The molecule has 1 aromatic heterocycles. The first-order valence-corrected chi connectivity index (χ1v) is 9.79. The van der Waals surface area contributed by atoms with Gasteiger partial charge in [0.2, 0.25) is 5.91 Å². The summed E-state index contributed by atoms with van der Waals surface area (Å²) in [7, 11) is 0. The highest BCUT2D eigenvalue weighted by atomic mass is 32.1. The number of ether oxygens (including phenoxy) is 1. The second-order valence-corrected chi connectivity index (χ2v) is 7.12. The Hall–Kier alpha value is -2.41. The van der Waals surface area contributed by atoms with E-state index in [1.54, 1.807) is 11.3 Å². The summed E-state index contributed by atoms with van der Waals surface area (Å²) >= 11 is 1.64. The lowest BCUT2D eigenvalue weighted by Gasteiger charge is -2.29. The number of hydrogen-bond donors (Lipinski definition) is 1. The molecule has 0 spiro atoms. The van der Waals surface area contributed by atoms with Crippen LogP contribution >= 0.6 is 11.3 Å². The number of anilines is 1. The molecule has 1 aliphatic heterocycles. The number of aryl methyl sites for hydroxylation is 1. The molecule has 138 valence electrons. The Labute approximate surface area is 157 Å². The summed E-state index contributed by atoms with van der Waals surface area (Å²) in [6.45, 7) is 4.66. The van der Waals surface area contributed by atoms with Gasteiger partial charge >= 0.3 is 0 Å². The van der Waals surface area contributed by atoms with E-state index in [4.69, 9.17) is 4.74 Å². The van der Waals surface area contributed by atoms with Gasteiger partial charge in [0, 0.05) is 17.5 Å². The number of fused-ring (bicyclic) bond motifs is 1. The molecule has 0 fully saturated rings. The number of aromatic nitrogens is 1. The summed E-state index contributed by atoms with van der Waals surface area (Å²) < 4.78 is 5.52. The average Bonchev–Trinajstić information content (AvgIpc) is 3.11. The second-order valence-electron chi connectivity index (χ2n) is 6.18. The predicted octanol–water partition coefficient (Wildman–Crippen LogP) is 3.01. The second kappa shape index (κ2) is 8.31. The third kappa shape index (κ3) is 4.04. The van der Waals surface area contributed by atoms with Gasteiger partial charge in [0.1, 0.15) is 12.3 Å². The Bertz CT molecular complexity index is 803. The zero-order valence-electron chi connectivity index (χ0n) is 15.1. The van der Waals surface area contributed by atoms with Gasteiger partial charge in [-0.3, -0.25) is 14.5 Å². The molecule has 0 unspecified atom stereocenters. The van der Waals surface area contributed by atoms with Crippen LogP contribution in [0.25, 0.3) is 11.3 Å². The maximum atomic E-state index is 12.3. The van der Waals surface area contributed by atoms with E-state index in [1.807, 2.05) is 30.5 Å². The van der Waals surface area contributed by atoms with Gasteiger partial charge in [-0.15, -0.1) is 11.3 Å². The number of carbonyl (C=O) groups excluding carboxylic acids is 2. The predicted molar refractivity (Wildman–Crippen MR) is 103 cm³/mol. The molecule has 1 aliphatic rings. The van der Waals surface area contributed by atoms with E-state index in [2.05, 4.69) is 17.2 Å². The van der Waals surface area contributed by atoms with E-state index < -0.39 is 0 Å². The Morgan fingerprint density at radius 3 is 2.96 bits per heavy atom. The van der Waals surface area contributed by atoms with Crippen molar-refractivity contribution in [3.05, 3.63) is 28.6 Å². The van der Waals surface area contributed by atoms with Gasteiger partial charge in [-0.2, -0.15) is 0 Å². The van der Waals surface area contributed by atoms with Gasteiger partial charge in [0.25, 0.3) is 5.91 Å². The summed E-state index contributed by atoms with van der Waals surface area (Å²) in [5.41, 5.74) is 2.42. The van der Waals surface area contributed by atoms with E-state index in [0.29, 0.717) is 18.0 Å². The number of hydrogen-bond acceptors (Lipinski definition) is 5. The van der Waals surface area contributed by atoms with Crippen molar-refractivity contribution in [2.24, 2.45) is 0 Å². The van der Waals surface area contributed by atoms with Crippen LogP contribution in [0.3, 0.4) is 0 Å². The van der Waals surface area contributed by atoms with Crippen molar-refractivity contribution in [2.75, 3.05) is 24.6 Å². The van der Waals surface area contributed by atoms with Crippen LogP contribution in [0.15, 0.2) is 23.6 Å².